The van der Waals surface area contributed by atoms with E-state index in [9.17, 15) is 4.79 Å². The average molecular weight is 356 g/mol. The van der Waals surface area contributed by atoms with E-state index in [1.807, 2.05) is 47.8 Å². The average Bonchev–Trinajstić information content (AvgIpc) is 3.29. The first-order chi connectivity index (χ1) is 12.2. The van der Waals surface area contributed by atoms with Crippen molar-refractivity contribution in [2.75, 3.05) is 19.0 Å². The van der Waals surface area contributed by atoms with E-state index in [0.717, 1.165) is 17.2 Å². The molecule has 3 aromatic rings. The second-order valence-corrected chi connectivity index (χ2v) is 6.61. The third-order valence-electron chi connectivity index (χ3n) is 3.66. The summed E-state index contributed by atoms with van der Waals surface area (Å²) in [5, 5.41) is 4.96. The van der Waals surface area contributed by atoms with Gasteiger partial charge < -0.3 is 14.5 Å². The van der Waals surface area contributed by atoms with Crippen molar-refractivity contribution in [1.82, 2.24) is 4.90 Å². The van der Waals surface area contributed by atoms with E-state index < -0.39 is 0 Å². The van der Waals surface area contributed by atoms with E-state index in [1.54, 1.807) is 24.7 Å². The van der Waals surface area contributed by atoms with E-state index in [4.69, 9.17) is 9.15 Å². The van der Waals surface area contributed by atoms with Crippen LogP contribution in [0.25, 0.3) is 0 Å². The van der Waals surface area contributed by atoms with Crippen LogP contribution in [0.15, 0.2) is 64.6 Å². The van der Waals surface area contributed by atoms with Crippen LogP contribution in [-0.2, 0) is 17.9 Å². The first-order valence-corrected chi connectivity index (χ1v) is 8.82. The van der Waals surface area contributed by atoms with Gasteiger partial charge in [-0.1, -0.05) is 6.07 Å². The summed E-state index contributed by atoms with van der Waals surface area (Å²) >= 11 is 1.68. The summed E-state index contributed by atoms with van der Waals surface area (Å²) in [7, 11) is 1.62. The molecule has 5 nitrogen and oxygen atoms in total. The lowest BCUT2D eigenvalue weighted by molar-refractivity contribution is -0.117. The Morgan fingerprint density at radius 1 is 1.16 bits per heavy atom. The lowest BCUT2D eigenvalue weighted by Gasteiger charge is -2.20. The molecule has 0 saturated carbocycles. The fourth-order valence-electron chi connectivity index (χ4n) is 2.49. The van der Waals surface area contributed by atoms with Gasteiger partial charge in [-0.25, -0.2) is 0 Å². The van der Waals surface area contributed by atoms with Crippen molar-refractivity contribution in [2.45, 2.75) is 13.1 Å². The number of anilines is 1. The van der Waals surface area contributed by atoms with Gasteiger partial charge in [0.15, 0.2) is 0 Å². The maximum Gasteiger partial charge on any atom is 0.238 e. The molecule has 0 unspecified atom stereocenters. The number of ether oxygens (including phenoxy) is 1. The second kappa shape index (κ2) is 8.50. The number of furan rings is 1. The molecule has 25 heavy (non-hydrogen) atoms. The zero-order chi connectivity index (χ0) is 17.5. The number of amides is 1. The number of thiophene rings is 1. The van der Waals surface area contributed by atoms with Gasteiger partial charge in [-0.15, -0.1) is 11.3 Å². The van der Waals surface area contributed by atoms with E-state index in [2.05, 4.69) is 16.3 Å². The van der Waals surface area contributed by atoms with Gasteiger partial charge >= 0.3 is 0 Å². The van der Waals surface area contributed by atoms with Gasteiger partial charge in [-0.05, 0) is 47.8 Å². The molecule has 2 heterocycles. The highest BCUT2D eigenvalue weighted by molar-refractivity contribution is 7.09. The molecule has 0 aliphatic rings. The minimum absolute atomic E-state index is 0.0618. The maximum absolute atomic E-state index is 12.4. The van der Waals surface area contributed by atoms with Gasteiger partial charge in [0.25, 0.3) is 0 Å². The first kappa shape index (κ1) is 17.3. The van der Waals surface area contributed by atoms with Crippen molar-refractivity contribution in [3.05, 3.63) is 70.8 Å². The quantitative estimate of drug-likeness (QED) is 0.663. The number of nitrogens with zero attached hydrogens (tertiary/aromatic N) is 1. The van der Waals surface area contributed by atoms with Gasteiger partial charge in [0.2, 0.25) is 5.91 Å². The van der Waals surface area contributed by atoms with Crippen LogP contribution < -0.4 is 10.1 Å². The third kappa shape index (κ3) is 5.20. The van der Waals surface area contributed by atoms with Crippen LogP contribution in [0.4, 0.5) is 5.69 Å². The van der Waals surface area contributed by atoms with Crippen molar-refractivity contribution in [1.29, 1.82) is 0 Å². The number of hydrogen-bond acceptors (Lipinski definition) is 5. The van der Waals surface area contributed by atoms with Gasteiger partial charge in [0, 0.05) is 17.1 Å². The van der Waals surface area contributed by atoms with Crippen molar-refractivity contribution >= 4 is 22.9 Å². The first-order valence-electron chi connectivity index (χ1n) is 7.94. The molecule has 0 atom stereocenters. The predicted octanol–water partition coefficient (Wildman–Crippen LogP) is 3.99. The van der Waals surface area contributed by atoms with Crippen molar-refractivity contribution in [3.8, 4) is 5.75 Å². The molecule has 0 aliphatic carbocycles. The number of hydrogen-bond donors (Lipinski definition) is 1. The van der Waals surface area contributed by atoms with Crippen LogP contribution in [0.1, 0.15) is 10.6 Å². The summed E-state index contributed by atoms with van der Waals surface area (Å²) in [6.07, 6.45) is 1.65. The van der Waals surface area contributed by atoms with Gasteiger partial charge in [0.1, 0.15) is 11.5 Å². The standard InChI is InChI=1S/C19H20N2O3S/c1-23-16-8-6-15(7-9-16)20-19(22)14-21(12-17-4-2-10-24-17)13-18-5-3-11-25-18/h2-11H,12-14H2,1H3,(H,20,22). The molecular formula is C19H20N2O3S. The summed E-state index contributed by atoms with van der Waals surface area (Å²) in [6, 6.07) is 15.2. The van der Waals surface area contributed by atoms with Crippen molar-refractivity contribution in [3.63, 3.8) is 0 Å². The van der Waals surface area contributed by atoms with Crippen molar-refractivity contribution < 1.29 is 13.9 Å². The molecule has 130 valence electrons. The second-order valence-electron chi connectivity index (χ2n) is 5.58. The lowest BCUT2D eigenvalue weighted by atomic mass is 10.3. The Hall–Kier alpha value is -2.57. The summed E-state index contributed by atoms with van der Waals surface area (Å²) in [5.74, 6) is 1.54. The zero-order valence-corrected chi connectivity index (χ0v) is 14.8. The molecule has 0 spiro atoms. The third-order valence-corrected chi connectivity index (χ3v) is 4.52. The zero-order valence-electron chi connectivity index (χ0n) is 14.0. The molecule has 2 aromatic heterocycles. The highest BCUT2D eigenvalue weighted by Gasteiger charge is 2.14. The number of nitrogens with one attached hydrogen (secondary N) is 1. The van der Waals surface area contributed by atoms with Gasteiger partial charge in [-0.3, -0.25) is 9.69 Å². The van der Waals surface area contributed by atoms with E-state index in [-0.39, 0.29) is 12.5 Å². The van der Waals surface area contributed by atoms with Gasteiger partial charge in [0.05, 0.1) is 26.5 Å². The summed E-state index contributed by atoms with van der Waals surface area (Å²) in [6.45, 7) is 1.57. The van der Waals surface area contributed by atoms with E-state index in [1.165, 1.54) is 4.88 Å². The monoisotopic (exact) mass is 356 g/mol. The SMILES string of the molecule is COc1ccc(NC(=O)CN(Cc2ccco2)Cc2cccs2)cc1. The van der Waals surface area contributed by atoms with Crippen LogP contribution >= 0.6 is 11.3 Å². The van der Waals surface area contributed by atoms with Crippen LogP contribution in [-0.4, -0.2) is 24.5 Å². The van der Waals surface area contributed by atoms with Crippen LogP contribution in [0, 0.1) is 0 Å². The van der Waals surface area contributed by atoms with Crippen molar-refractivity contribution in [2.24, 2.45) is 0 Å². The van der Waals surface area contributed by atoms with E-state index >= 15 is 0 Å². The normalized spacial score (nSPS) is 10.8. The number of methoxy groups -OCH3 is 1. The predicted molar refractivity (Wildman–Crippen MR) is 98.8 cm³/mol. The molecule has 0 aliphatic heterocycles. The molecule has 1 N–H and O–H groups in total. The minimum atomic E-state index is -0.0618. The number of carbonyl (C=O) groups excluding carboxylic acids is 1. The summed E-state index contributed by atoms with van der Waals surface area (Å²) in [5.41, 5.74) is 0.750. The fraction of sp³-hybridized carbons (Fsp3) is 0.211. The molecule has 0 bridgehead atoms. The molecular weight excluding hydrogens is 336 g/mol. The van der Waals surface area contributed by atoms with Crippen LogP contribution in [0.5, 0.6) is 5.75 Å². The Bertz CT molecular complexity index is 731. The van der Waals surface area contributed by atoms with Crippen LogP contribution in [0.2, 0.25) is 0 Å². The summed E-state index contributed by atoms with van der Waals surface area (Å²) < 4.78 is 10.6. The van der Waals surface area contributed by atoms with E-state index in [0.29, 0.717) is 13.1 Å². The molecule has 1 amide bonds. The highest BCUT2D eigenvalue weighted by Crippen LogP contribution is 2.17. The highest BCUT2D eigenvalue weighted by atomic mass is 32.1. The number of rotatable bonds is 8. The molecule has 6 heteroatoms. The molecule has 0 radical (unpaired) electrons. The fourth-order valence-corrected chi connectivity index (χ4v) is 3.24. The molecule has 0 fully saturated rings. The molecule has 1 aromatic carbocycles. The Morgan fingerprint density at radius 3 is 2.64 bits per heavy atom. The largest absolute Gasteiger partial charge is 0.497 e. The minimum Gasteiger partial charge on any atom is -0.497 e. The van der Waals surface area contributed by atoms with Crippen LogP contribution in [0.3, 0.4) is 0 Å². The topological polar surface area (TPSA) is 54.7 Å². The smallest absolute Gasteiger partial charge is 0.238 e. The Balaban J connectivity index is 1.62. The Morgan fingerprint density at radius 2 is 2.00 bits per heavy atom. The lowest BCUT2D eigenvalue weighted by Crippen LogP contribution is -2.32. The van der Waals surface area contributed by atoms with Gasteiger partial charge in [-0.2, -0.15) is 0 Å². The Labute approximate surface area is 150 Å². The molecule has 3 rings (SSSR count). The number of carbonyl (C=O) groups is 1. The molecule has 0 saturated heterocycles. The summed E-state index contributed by atoms with van der Waals surface area (Å²) in [4.78, 5) is 15.7. The maximum atomic E-state index is 12.4. The Kier molecular flexibility index (Phi) is 5.87. The number of benzene rings is 1.